The molecule has 2 aromatic carbocycles. The summed E-state index contributed by atoms with van der Waals surface area (Å²) >= 11 is 0. The van der Waals surface area contributed by atoms with E-state index in [1.165, 1.54) is 0 Å². The molecule has 1 amide bonds. The molecule has 1 N–H and O–H groups in total. The molecule has 0 spiro atoms. The molecule has 0 fully saturated rings. The van der Waals surface area contributed by atoms with Crippen LogP contribution in [0.1, 0.15) is 16.7 Å². The Morgan fingerprint density at radius 3 is 2.50 bits per heavy atom. The van der Waals surface area contributed by atoms with E-state index in [0.29, 0.717) is 11.5 Å². The largest absolute Gasteiger partial charge is 0.497 e. The molecule has 0 atom stereocenters. The molecule has 4 heteroatoms. The third-order valence-corrected chi connectivity index (χ3v) is 3.51. The average molecular weight is 299 g/mol. The highest BCUT2D eigenvalue weighted by Crippen LogP contribution is 2.25. The third kappa shape index (κ3) is 3.79. The highest BCUT2D eigenvalue weighted by Gasteiger charge is 2.11. The van der Waals surface area contributed by atoms with Crippen LogP contribution < -0.4 is 14.8 Å². The molecular weight excluding hydrogens is 278 g/mol. The molecule has 0 saturated heterocycles. The van der Waals surface area contributed by atoms with Gasteiger partial charge in [-0.25, -0.2) is 0 Å². The van der Waals surface area contributed by atoms with Gasteiger partial charge in [0.05, 0.1) is 20.6 Å². The van der Waals surface area contributed by atoms with E-state index in [4.69, 9.17) is 9.47 Å². The summed E-state index contributed by atoms with van der Waals surface area (Å²) in [6, 6.07) is 11.4. The molecule has 0 radical (unpaired) electrons. The quantitative estimate of drug-likeness (QED) is 0.919. The molecule has 0 bridgehead atoms. The lowest BCUT2D eigenvalue weighted by Crippen LogP contribution is -2.15. The number of benzene rings is 2. The van der Waals surface area contributed by atoms with Gasteiger partial charge in [-0.3, -0.25) is 4.79 Å². The highest BCUT2D eigenvalue weighted by atomic mass is 16.5. The van der Waals surface area contributed by atoms with Gasteiger partial charge in [0.15, 0.2) is 0 Å². The van der Waals surface area contributed by atoms with E-state index >= 15 is 0 Å². The minimum atomic E-state index is -0.0831. The Morgan fingerprint density at radius 2 is 1.82 bits per heavy atom. The van der Waals surface area contributed by atoms with E-state index in [1.807, 2.05) is 44.2 Å². The first-order valence-corrected chi connectivity index (χ1v) is 7.11. The van der Waals surface area contributed by atoms with Crippen molar-refractivity contribution in [2.24, 2.45) is 0 Å². The standard InChI is InChI=1S/C18H21NO3/c1-12-5-6-13(2)16(9-12)19-18(20)11-14-10-15(21-3)7-8-17(14)22-4/h5-10H,11H2,1-4H3,(H,19,20). The van der Waals surface area contributed by atoms with E-state index in [2.05, 4.69) is 5.32 Å². The smallest absolute Gasteiger partial charge is 0.228 e. The summed E-state index contributed by atoms with van der Waals surface area (Å²) in [5.41, 5.74) is 3.79. The van der Waals surface area contributed by atoms with Crippen molar-refractivity contribution in [1.82, 2.24) is 0 Å². The van der Waals surface area contributed by atoms with Gasteiger partial charge in [-0.05, 0) is 49.2 Å². The molecule has 4 nitrogen and oxygen atoms in total. The second-order valence-corrected chi connectivity index (χ2v) is 5.22. The molecule has 116 valence electrons. The van der Waals surface area contributed by atoms with E-state index < -0.39 is 0 Å². The Bertz CT molecular complexity index is 680. The number of methoxy groups -OCH3 is 2. The monoisotopic (exact) mass is 299 g/mol. The first kappa shape index (κ1) is 15.9. The molecule has 0 aliphatic rings. The van der Waals surface area contributed by atoms with Crippen molar-refractivity contribution in [3.05, 3.63) is 53.1 Å². The van der Waals surface area contributed by atoms with Gasteiger partial charge >= 0.3 is 0 Å². The fraction of sp³-hybridized carbons (Fsp3) is 0.278. The van der Waals surface area contributed by atoms with Crippen molar-refractivity contribution < 1.29 is 14.3 Å². The average Bonchev–Trinajstić information content (AvgIpc) is 2.50. The van der Waals surface area contributed by atoms with Crippen LogP contribution in [0.25, 0.3) is 0 Å². The molecule has 2 aromatic rings. The maximum atomic E-state index is 12.3. The van der Waals surface area contributed by atoms with Crippen LogP contribution in [0.3, 0.4) is 0 Å². The van der Waals surface area contributed by atoms with Crippen molar-refractivity contribution in [2.75, 3.05) is 19.5 Å². The van der Waals surface area contributed by atoms with Crippen LogP contribution in [0.15, 0.2) is 36.4 Å². The van der Waals surface area contributed by atoms with Crippen LogP contribution in [0.2, 0.25) is 0 Å². The van der Waals surface area contributed by atoms with Crippen LogP contribution in [-0.2, 0) is 11.2 Å². The number of aryl methyl sites for hydroxylation is 2. The molecule has 0 aromatic heterocycles. The first-order valence-electron chi connectivity index (χ1n) is 7.11. The zero-order valence-corrected chi connectivity index (χ0v) is 13.4. The second kappa shape index (κ2) is 6.98. The predicted molar refractivity (Wildman–Crippen MR) is 87.8 cm³/mol. The Kier molecular flexibility index (Phi) is 5.04. The van der Waals surface area contributed by atoms with Gasteiger partial charge in [-0.2, -0.15) is 0 Å². The maximum absolute atomic E-state index is 12.3. The lowest BCUT2D eigenvalue weighted by Gasteiger charge is -2.12. The summed E-state index contributed by atoms with van der Waals surface area (Å²) in [7, 11) is 3.19. The zero-order valence-electron chi connectivity index (χ0n) is 13.4. The van der Waals surface area contributed by atoms with Gasteiger partial charge in [-0.1, -0.05) is 12.1 Å². The number of carbonyl (C=O) groups excluding carboxylic acids is 1. The van der Waals surface area contributed by atoms with Gasteiger partial charge in [0.1, 0.15) is 11.5 Å². The van der Waals surface area contributed by atoms with Crippen LogP contribution in [-0.4, -0.2) is 20.1 Å². The minimum absolute atomic E-state index is 0.0831. The fourth-order valence-corrected chi connectivity index (χ4v) is 2.26. The zero-order chi connectivity index (χ0) is 16.1. The van der Waals surface area contributed by atoms with E-state index in [0.717, 1.165) is 22.4 Å². The summed E-state index contributed by atoms with van der Waals surface area (Å²) in [6.07, 6.45) is 0.230. The number of amides is 1. The van der Waals surface area contributed by atoms with Gasteiger partial charge in [0, 0.05) is 11.3 Å². The first-order chi connectivity index (χ1) is 10.5. The topological polar surface area (TPSA) is 47.6 Å². The van der Waals surface area contributed by atoms with Crippen LogP contribution in [0.5, 0.6) is 11.5 Å². The number of hydrogen-bond donors (Lipinski definition) is 1. The number of rotatable bonds is 5. The minimum Gasteiger partial charge on any atom is -0.497 e. The van der Waals surface area contributed by atoms with Crippen molar-refractivity contribution in [1.29, 1.82) is 0 Å². The number of anilines is 1. The van der Waals surface area contributed by atoms with Crippen molar-refractivity contribution in [2.45, 2.75) is 20.3 Å². The lowest BCUT2D eigenvalue weighted by atomic mass is 10.1. The summed E-state index contributed by atoms with van der Waals surface area (Å²) in [5.74, 6) is 1.30. The fourth-order valence-electron chi connectivity index (χ4n) is 2.26. The normalized spacial score (nSPS) is 10.2. The highest BCUT2D eigenvalue weighted by molar-refractivity contribution is 5.93. The number of nitrogens with one attached hydrogen (secondary N) is 1. The molecule has 22 heavy (non-hydrogen) atoms. The maximum Gasteiger partial charge on any atom is 0.228 e. The summed E-state index contributed by atoms with van der Waals surface area (Å²) < 4.78 is 10.5. The van der Waals surface area contributed by atoms with Gasteiger partial charge in [0.25, 0.3) is 0 Å². The molecule has 0 saturated carbocycles. The second-order valence-electron chi connectivity index (χ2n) is 5.22. The van der Waals surface area contributed by atoms with Crippen LogP contribution in [0, 0.1) is 13.8 Å². The van der Waals surface area contributed by atoms with Crippen LogP contribution >= 0.6 is 0 Å². The van der Waals surface area contributed by atoms with Crippen molar-refractivity contribution >= 4 is 11.6 Å². The van der Waals surface area contributed by atoms with Crippen LogP contribution in [0.4, 0.5) is 5.69 Å². The molecule has 0 aliphatic carbocycles. The number of ether oxygens (including phenoxy) is 2. The summed E-state index contributed by atoms with van der Waals surface area (Å²) in [5, 5.41) is 2.95. The Balaban J connectivity index is 2.16. The van der Waals surface area contributed by atoms with E-state index in [1.54, 1.807) is 20.3 Å². The summed E-state index contributed by atoms with van der Waals surface area (Å²) in [4.78, 5) is 12.3. The summed E-state index contributed by atoms with van der Waals surface area (Å²) in [6.45, 7) is 3.97. The molecule has 0 heterocycles. The lowest BCUT2D eigenvalue weighted by molar-refractivity contribution is -0.115. The van der Waals surface area contributed by atoms with E-state index in [9.17, 15) is 4.79 Å². The molecule has 0 aliphatic heterocycles. The SMILES string of the molecule is COc1ccc(OC)c(CC(=O)Nc2cc(C)ccc2C)c1. The molecule has 0 unspecified atom stereocenters. The van der Waals surface area contributed by atoms with Crippen molar-refractivity contribution in [3.8, 4) is 11.5 Å². The van der Waals surface area contributed by atoms with Crippen molar-refractivity contribution in [3.63, 3.8) is 0 Å². The molecule has 2 rings (SSSR count). The molecular formula is C18H21NO3. The van der Waals surface area contributed by atoms with Gasteiger partial charge < -0.3 is 14.8 Å². The number of carbonyl (C=O) groups is 1. The Morgan fingerprint density at radius 1 is 1.05 bits per heavy atom. The number of hydrogen-bond acceptors (Lipinski definition) is 3. The third-order valence-electron chi connectivity index (χ3n) is 3.51. The Labute approximate surface area is 131 Å². The Hall–Kier alpha value is -2.49. The predicted octanol–water partition coefficient (Wildman–Crippen LogP) is 3.50. The van der Waals surface area contributed by atoms with Gasteiger partial charge in [-0.15, -0.1) is 0 Å². The van der Waals surface area contributed by atoms with Gasteiger partial charge in [0.2, 0.25) is 5.91 Å². The van der Waals surface area contributed by atoms with E-state index in [-0.39, 0.29) is 12.3 Å².